The Balaban J connectivity index is 1.47. The van der Waals surface area contributed by atoms with E-state index in [9.17, 15) is 23.2 Å². The zero-order valence-corrected chi connectivity index (χ0v) is 19.1. The van der Waals surface area contributed by atoms with Crippen LogP contribution in [0.4, 0.5) is 14.6 Å². The van der Waals surface area contributed by atoms with Gasteiger partial charge >= 0.3 is 19.4 Å². The van der Waals surface area contributed by atoms with Gasteiger partial charge in [0, 0.05) is 28.2 Å². The number of benzene rings is 1. The summed E-state index contributed by atoms with van der Waals surface area (Å²) in [7, 11) is -4.23. The van der Waals surface area contributed by atoms with E-state index in [4.69, 9.17) is 47.2 Å². The standard InChI is InChI=1S/C18H18Cl2F2N3O7P/c19-9-1-2-11(20)10(7-9)12-4-6-29-33(28,32-12)30-8-13-15(26)18(21,22)16(31-13)25-5-3-14(23)24-17(25)27/h1-3,5,7,12-13,15-16,26H,4,6,8H2,(H2,23,24,27)/t12-,13-,15-,16-,33?/m1/s1. The van der Waals surface area contributed by atoms with E-state index in [1.54, 1.807) is 12.1 Å². The van der Waals surface area contributed by atoms with Gasteiger partial charge < -0.3 is 15.6 Å². The van der Waals surface area contributed by atoms with Gasteiger partial charge in [0.15, 0.2) is 6.10 Å². The summed E-state index contributed by atoms with van der Waals surface area (Å²) < 4.78 is 63.6. The predicted molar refractivity (Wildman–Crippen MR) is 112 cm³/mol. The van der Waals surface area contributed by atoms with E-state index in [1.807, 2.05) is 0 Å². The monoisotopic (exact) mass is 527 g/mol. The van der Waals surface area contributed by atoms with E-state index < -0.39 is 50.6 Å². The van der Waals surface area contributed by atoms with E-state index in [0.29, 0.717) is 20.2 Å². The minimum atomic E-state index is -4.23. The lowest BCUT2D eigenvalue weighted by Crippen LogP contribution is -2.42. The molecule has 10 nitrogen and oxygen atoms in total. The van der Waals surface area contributed by atoms with Gasteiger partial charge in [0.05, 0.1) is 19.3 Å². The molecule has 2 fully saturated rings. The lowest BCUT2D eigenvalue weighted by molar-refractivity contribution is -0.140. The number of phosphoric acid groups is 1. The maximum Gasteiger partial charge on any atom is 0.475 e. The van der Waals surface area contributed by atoms with Crippen molar-refractivity contribution < 1.29 is 36.8 Å². The summed E-state index contributed by atoms with van der Waals surface area (Å²) in [5.74, 6) is -4.06. The topological polar surface area (TPSA) is 135 Å². The van der Waals surface area contributed by atoms with Crippen molar-refractivity contribution in [3.63, 3.8) is 0 Å². The Hall–Kier alpha value is -1.63. The van der Waals surface area contributed by atoms with Crippen LogP contribution in [0.15, 0.2) is 35.3 Å². The number of phosphoric ester groups is 1. The number of hydrogen-bond acceptors (Lipinski definition) is 9. The van der Waals surface area contributed by atoms with Gasteiger partial charge in [0.1, 0.15) is 11.9 Å². The Bertz CT molecular complexity index is 1150. The second kappa shape index (κ2) is 9.20. The first-order chi connectivity index (χ1) is 15.5. The SMILES string of the molecule is Nc1ccn([C@@H]2O[C@H](COP3(=O)OCC[C@H](c4cc(Cl)ccc4Cl)O3)[C@@H](O)C2(F)F)c(=O)n1. The highest BCUT2D eigenvalue weighted by Crippen LogP contribution is 2.58. The largest absolute Gasteiger partial charge is 0.475 e. The minimum absolute atomic E-state index is 0.0376. The molecule has 15 heteroatoms. The van der Waals surface area contributed by atoms with Crippen molar-refractivity contribution in [1.29, 1.82) is 0 Å². The smallest absolute Gasteiger partial charge is 0.384 e. The van der Waals surface area contributed by atoms with Crippen LogP contribution < -0.4 is 11.4 Å². The molecule has 0 saturated carbocycles. The third kappa shape index (κ3) is 4.94. The number of rotatable bonds is 5. The first kappa shape index (κ1) is 24.5. The first-order valence-electron chi connectivity index (χ1n) is 9.58. The third-order valence-corrected chi connectivity index (χ3v) is 7.13. The maximum atomic E-state index is 14.6. The fraction of sp³-hybridized carbons (Fsp3) is 0.444. The molecule has 0 aliphatic carbocycles. The average molecular weight is 528 g/mol. The number of aromatic nitrogens is 2. The molecular weight excluding hydrogens is 510 g/mol. The summed E-state index contributed by atoms with van der Waals surface area (Å²) in [4.78, 5) is 15.3. The average Bonchev–Trinajstić information content (AvgIpc) is 2.97. The van der Waals surface area contributed by atoms with Crippen molar-refractivity contribution in [2.45, 2.75) is 36.9 Å². The van der Waals surface area contributed by atoms with Crippen LogP contribution in [0, 0.1) is 0 Å². The summed E-state index contributed by atoms with van der Waals surface area (Å²) in [6, 6.07) is 5.78. The molecule has 2 aliphatic heterocycles. The number of ether oxygens (including phenoxy) is 1. The summed E-state index contributed by atoms with van der Waals surface area (Å²) in [6.45, 7) is -0.818. The molecule has 2 aliphatic rings. The number of aliphatic hydroxyl groups is 1. The van der Waals surface area contributed by atoms with Crippen molar-refractivity contribution in [3.05, 3.63) is 56.6 Å². The fourth-order valence-electron chi connectivity index (χ4n) is 3.43. The van der Waals surface area contributed by atoms with Crippen molar-refractivity contribution in [2.24, 2.45) is 0 Å². The quantitative estimate of drug-likeness (QED) is 0.561. The number of anilines is 1. The Labute approximate surface area is 195 Å². The van der Waals surface area contributed by atoms with Gasteiger partial charge in [-0.2, -0.15) is 13.8 Å². The first-order valence-corrected chi connectivity index (χ1v) is 11.8. The summed E-state index contributed by atoms with van der Waals surface area (Å²) in [6.07, 6.45) is -5.78. The zero-order valence-electron chi connectivity index (χ0n) is 16.6. The van der Waals surface area contributed by atoms with E-state index in [0.717, 1.165) is 12.3 Å². The molecule has 2 saturated heterocycles. The number of nitrogen functional groups attached to an aromatic ring is 1. The maximum absolute atomic E-state index is 14.6. The van der Waals surface area contributed by atoms with Crippen molar-refractivity contribution in [1.82, 2.24) is 9.55 Å². The van der Waals surface area contributed by atoms with Gasteiger partial charge in [-0.15, -0.1) is 0 Å². The molecule has 0 radical (unpaired) electrons. The number of hydrogen-bond donors (Lipinski definition) is 2. The molecule has 180 valence electrons. The van der Waals surface area contributed by atoms with Gasteiger partial charge in [0.25, 0.3) is 0 Å². The normalized spacial score (nSPS) is 31.5. The van der Waals surface area contributed by atoms with Gasteiger partial charge in [-0.3, -0.25) is 18.1 Å². The molecule has 0 amide bonds. The van der Waals surface area contributed by atoms with Crippen molar-refractivity contribution in [2.75, 3.05) is 18.9 Å². The van der Waals surface area contributed by atoms with Gasteiger partial charge in [-0.25, -0.2) is 9.36 Å². The number of nitrogens with zero attached hydrogens (tertiary/aromatic N) is 2. The highest BCUT2D eigenvalue weighted by molar-refractivity contribution is 7.48. The molecule has 5 atom stereocenters. The molecule has 1 unspecified atom stereocenters. The Morgan fingerprint density at radius 1 is 1.36 bits per heavy atom. The minimum Gasteiger partial charge on any atom is -0.384 e. The molecule has 4 rings (SSSR count). The Kier molecular flexibility index (Phi) is 6.83. The van der Waals surface area contributed by atoms with E-state index in [2.05, 4.69) is 4.98 Å². The second-order valence-corrected chi connectivity index (χ2v) is 9.78. The number of alkyl halides is 2. The lowest BCUT2D eigenvalue weighted by Gasteiger charge is -2.30. The molecular formula is C18H18Cl2F2N3O7P. The van der Waals surface area contributed by atoms with Gasteiger partial charge in [0.2, 0.25) is 6.23 Å². The molecule has 0 bridgehead atoms. The highest BCUT2D eigenvalue weighted by atomic mass is 35.5. The van der Waals surface area contributed by atoms with Crippen LogP contribution in [-0.2, 0) is 22.9 Å². The summed E-state index contributed by atoms with van der Waals surface area (Å²) >= 11 is 12.1. The van der Waals surface area contributed by atoms with Crippen LogP contribution in [0.5, 0.6) is 0 Å². The van der Waals surface area contributed by atoms with E-state index >= 15 is 0 Å². The van der Waals surface area contributed by atoms with Gasteiger partial charge in [-0.1, -0.05) is 23.2 Å². The van der Waals surface area contributed by atoms with Crippen LogP contribution in [0.25, 0.3) is 0 Å². The third-order valence-electron chi connectivity index (χ3n) is 5.07. The van der Waals surface area contributed by atoms with E-state index in [1.165, 1.54) is 6.07 Å². The van der Waals surface area contributed by atoms with Crippen LogP contribution in [-0.4, -0.2) is 46.0 Å². The molecule has 1 aromatic carbocycles. The van der Waals surface area contributed by atoms with Crippen LogP contribution >= 0.6 is 31.0 Å². The molecule has 2 aromatic rings. The van der Waals surface area contributed by atoms with Crippen LogP contribution in [0.2, 0.25) is 10.0 Å². The number of aliphatic hydroxyl groups excluding tert-OH is 1. The van der Waals surface area contributed by atoms with Crippen LogP contribution in [0.3, 0.4) is 0 Å². The van der Waals surface area contributed by atoms with E-state index in [-0.39, 0.29) is 18.8 Å². The Morgan fingerprint density at radius 2 is 2.12 bits per heavy atom. The molecule has 0 spiro atoms. The van der Waals surface area contributed by atoms with Gasteiger partial charge in [-0.05, 0) is 24.3 Å². The second-order valence-electron chi connectivity index (χ2n) is 7.31. The molecule has 1 aromatic heterocycles. The fourth-order valence-corrected chi connectivity index (χ4v) is 5.23. The molecule has 3 N–H and O–H groups in total. The number of nitrogens with two attached hydrogens (primary N) is 1. The highest BCUT2D eigenvalue weighted by Gasteiger charge is 2.60. The summed E-state index contributed by atoms with van der Waals surface area (Å²) in [5.41, 5.74) is 4.73. The molecule has 33 heavy (non-hydrogen) atoms. The Morgan fingerprint density at radius 3 is 2.85 bits per heavy atom. The lowest BCUT2D eigenvalue weighted by atomic mass is 10.1. The molecule has 3 heterocycles. The predicted octanol–water partition coefficient (Wildman–Crippen LogP) is 3.33. The summed E-state index contributed by atoms with van der Waals surface area (Å²) in [5, 5.41) is 10.8. The number of halogens is 4. The van der Waals surface area contributed by atoms with Crippen molar-refractivity contribution >= 4 is 36.8 Å². The van der Waals surface area contributed by atoms with Crippen molar-refractivity contribution in [3.8, 4) is 0 Å². The van der Waals surface area contributed by atoms with Crippen LogP contribution in [0.1, 0.15) is 24.3 Å². The zero-order chi connectivity index (χ0) is 24.0.